The highest BCUT2D eigenvalue weighted by molar-refractivity contribution is 5.78. The minimum absolute atomic E-state index is 0.0863. The lowest BCUT2D eigenvalue weighted by atomic mass is 9.93. The zero-order valence-electron chi connectivity index (χ0n) is 15.2. The molecule has 0 radical (unpaired) electrons. The van der Waals surface area contributed by atoms with Crippen molar-refractivity contribution in [1.29, 1.82) is 0 Å². The number of alkyl halides is 3. The maximum absolute atomic E-state index is 13.5. The number of benzene rings is 1. The number of nitrogens with zero attached hydrogens (tertiary/aromatic N) is 1. The molecule has 2 unspecified atom stereocenters. The van der Waals surface area contributed by atoms with Gasteiger partial charge >= 0.3 is 6.18 Å². The van der Waals surface area contributed by atoms with Gasteiger partial charge in [0.1, 0.15) is 0 Å². The summed E-state index contributed by atoms with van der Waals surface area (Å²) in [6.45, 7) is 0.881. The molecule has 0 spiro atoms. The fourth-order valence-electron chi connectivity index (χ4n) is 3.39. The lowest BCUT2D eigenvalue weighted by Crippen LogP contribution is -2.50. The van der Waals surface area contributed by atoms with Crippen LogP contribution in [0.2, 0.25) is 0 Å². The van der Waals surface area contributed by atoms with E-state index in [0.717, 1.165) is 12.8 Å². The molecule has 1 aliphatic rings. The van der Waals surface area contributed by atoms with Crippen molar-refractivity contribution < 1.29 is 22.8 Å². The van der Waals surface area contributed by atoms with Gasteiger partial charge in [-0.1, -0.05) is 30.3 Å². The molecule has 2 atom stereocenters. The van der Waals surface area contributed by atoms with E-state index < -0.39 is 24.4 Å². The smallest absolute Gasteiger partial charge is 0.354 e. The van der Waals surface area contributed by atoms with Crippen LogP contribution in [-0.4, -0.2) is 48.6 Å². The molecular formula is C19H26F3N3O2. The highest BCUT2D eigenvalue weighted by atomic mass is 19.4. The van der Waals surface area contributed by atoms with Crippen molar-refractivity contribution in [3.05, 3.63) is 35.9 Å². The van der Waals surface area contributed by atoms with Crippen molar-refractivity contribution >= 4 is 11.8 Å². The predicted molar refractivity (Wildman–Crippen MR) is 95.9 cm³/mol. The summed E-state index contributed by atoms with van der Waals surface area (Å²) in [6, 6.07) is 7.23. The van der Waals surface area contributed by atoms with E-state index in [4.69, 9.17) is 5.73 Å². The maximum atomic E-state index is 13.5. The molecular weight excluding hydrogens is 359 g/mol. The number of nitrogens with two attached hydrogens (primary N) is 1. The quantitative estimate of drug-likeness (QED) is 0.758. The van der Waals surface area contributed by atoms with Gasteiger partial charge in [-0.05, 0) is 24.8 Å². The molecule has 2 amide bonds. The van der Waals surface area contributed by atoms with E-state index in [0.29, 0.717) is 13.0 Å². The number of rotatable bonds is 7. The topological polar surface area (TPSA) is 75.4 Å². The van der Waals surface area contributed by atoms with Crippen molar-refractivity contribution in [1.82, 2.24) is 10.2 Å². The third-order valence-electron chi connectivity index (χ3n) is 4.83. The first kappa shape index (κ1) is 21.2. The Balaban J connectivity index is 2.06. The number of amides is 2. The normalized spacial score (nSPS) is 18.8. The van der Waals surface area contributed by atoms with Crippen LogP contribution in [0.25, 0.3) is 0 Å². The van der Waals surface area contributed by atoms with Gasteiger partial charge in [-0.25, -0.2) is 0 Å². The summed E-state index contributed by atoms with van der Waals surface area (Å²) < 4.78 is 40.6. The molecule has 0 aliphatic carbocycles. The predicted octanol–water partition coefficient (Wildman–Crippen LogP) is 2.57. The summed E-state index contributed by atoms with van der Waals surface area (Å²) in [5.74, 6) is -2.58. The van der Waals surface area contributed by atoms with Gasteiger partial charge in [0.25, 0.3) is 0 Å². The summed E-state index contributed by atoms with van der Waals surface area (Å²) in [6.07, 6.45) is -2.65. The fourth-order valence-corrected chi connectivity index (χ4v) is 3.39. The molecule has 1 saturated heterocycles. The maximum Gasteiger partial charge on any atom is 0.396 e. The van der Waals surface area contributed by atoms with Crippen molar-refractivity contribution in [3.63, 3.8) is 0 Å². The monoisotopic (exact) mass is 385 g/mol. The second kappa shape index (κ2) is 9.73. The number of carbonyl (C=O) groups excluding carboxylic acids is 2. The Morgan fingerprint density at radius 2 is 1.93 bits per heavy atom. The molecule has 150 valence electrons. The zero-order valence-corrected chi connectivity index (χ0v) is 15.2. The highest BCUT2D eigenvalue weighted by Crippen LogP contribution is 2.38. The minimum Gasteiger partial charge on any atom is -0.354 e. The Hall–Kier alpha value is -2.09. The molecule has 8 heteroatoms. The number of piperidine rings is 1. The van der Waals surface area contributed by atoms with Gasteiger partial charge in [-0.15, -0.1) is 0 Å². The van der Waals surface area contributed by atoms with Gasteiger partial charge in [-0.3, -0.25) is 9.59 Å². The van der Waals surface area contributed by atoms with Gasteiger partial charge < -0.3 is 16.0 Å². The molecule has 1 aromatic rings. The van der Waals surface area contributed by atoms with Gasteiger partial charge in [0.05, 0.1) is 5.92 Å². The van der Waals surface area contributed by atoms with Gasteiger partial charge in [0.15, 0.2) is 0 Å². The van der Waals surface area contributed by atoms with Crippen molar-refractivity contribution in [3.8, 4) is 0 Å². The van der Waals surface area contributed by atoms with E-state index in [9.17, 15) is 22.8 Å². The highest BCUT2D eigenvalue weighted by Gasteiger charge is 2.43. The third kappa shape index (κ3) is 6.23. The molecule has 0 aromatic heterocycles. The van der Waals surface area contributed by atoms with Gasteiger partial charge in [0.2, 0.25) is 11.8 Å². The van der Waals surface area contributed by atoms with Crippen LogP contribution in [0.5, 0.6) is 0 Å². The number of hydrogen-bond acceptors (Lipinski definition) is 3. The van der Waals surface area contributed by atoms with E-state index in [1.165, 1.54) is 29.2 Å². The third-order valence-corrected chi connectivity index (χ3v) is 4.83. The molecule has 5 nitrogen and oxygen atoms in total. The number of carbonyl (C=O) groups is 2. The van der Waals surface area contributed by atoms with E-state index in [-0.39, 0.29) is 37.0 Å². The van der Waals surface area contributed by atoms with Crippen LogP contribution in [0.1, 0.15) is 43.6 Å². The summed E-state index contributed by atoms with van der Waals surface area (Å²) in [4.78, 5) is 25.8. The van der Waals surface area contributed by atoms with Gasteiger partial charge in [0, 0.05) is 38.5 Å². The van der Waals surface area contributed by atoms with Crippen LogP contribution >= 0.6 is 0 Å². The average Bonchev–Trinajstić information content (AvgIpc) is 2.64. The molecule has 1 fully saturated rings. The van der Waals surface area contributed by atoms with Crippen LogP contribution in [0.4, 0.5) is 13.2 Å². The standard InChI is InChI=1S/C19H26F3N3O2/c20-19(21,22)16(14-6-2-1-3-7-14)12-18(27)25-11-5-4-8-15(25)13-24-17(26)9-10-23/h1-3,6-7,15-16H,4-5,8-13,23H2,(H,24,26). The molecule has 27 heavy (non-hydrogen) atoms. The van der Waals surface area contributed by atoms with E-state index in [2.05, 4.69) is 5.32 Å². The van der Waals surface area contributed by atoms with Crippen LogP contribution in [-0.2, 0) is 9.59 Å². The van der Waals surface area contributed by atoms with Crippen molar-refractivity contribution in [2.45, 2.75) is 50.2 Å². The summed E-state index contributed by atoms with van der Waals surface area (Å²) in [5, 5.41) is 2.72. The number of likely N-dealkylation sites (tertiary alicyclic amines) is 1. The van der Waals surface area contributed by atoms with E-state index >= 15 is 0 Å². The zero-order chi connectivity index (χ0) is 19.9. The first-order valence-corrected chi connectivity index (χ1v) is 9.20. The Bertz CT molecular complexity index is 622. The minimum atomic E-state index is -4.50. The first-order chi connectivity index (χ1) is 12.8. The molecule has 1 heterocycles. The first-order valence-electron chi connectivity index (χ1n) is 9.20. The molecule has 0 bridgehead atoms. The molecule has 0 saturated carbocycles. The Morgan fingerprint density at radius 1 is 1.22 bits per heavy atom. The summed E-state index contributed by atoms with van der Waals surface area (Å²) >= 11 is 0. The van der Waals surface area contributed by atoms with Crippen molar-refractivity contribution in [2.75, 3.05) is 19.6 Å². The number of hydrogen-bond donors (Lipinski definition) is 2. The SMILES string of the molecule is NCCC(=O)NCC1CCCCN1C(=O)CC(c1ccccc1)C(F)(F)F. The molecule has 1 aromatic carbocycles. The molecule has 2 rings (SSSR count). The summed E-state index contributed by atoms with van der Waals surface area (Å²) in [7, 11) is 0. The second-order valence-electron chi connectivity index (χ2n) is 6.79. The number of nitrogens with one attached hydrogen (secondary N) is 1. The fraction of sp³-hybridized carbons (Fsp3) is 0.579. The molecule has 3 N–H and O–H groups in total. The van der Waals surface area contributed by atoms with Crippen LogP contribution < -0.4 is 11.1 Å². The van der Waals surface area contributed by atoms with Gasteiger partial charge in [-0.2, -0.15) is 13.2 Å². The lowest BCUT2D eigenvalue weighted by Gasteiger charge is -2.37. The Kier molecular flexibility index (Phi) is 7.65. The Morgan fingerprint density at radius 3 is 2.56 bits per heavy atom. The summed E-state index contributed by atoms with van der Waals surface area (Å²) in [5.41, 5.74) is 5.42. The number of halogens is 3. The van der Waals surface area contributed by atoms with E-state index in [1.807, 2.05) is 0 Å². The van der Waals surface area contributed by atoms with E-state index in [1.54, 1.807) is 6.07 Å². The van der Waals surface area contributed by atoms with Crippen LogP contribution in [0.3, 0.4) is 0 Å². The second-order valence-corrected chi connectivity index (χ2v) is 6.79. The van der Waals surface area contributed by atoms with Crippen molar-refractivity contribution in [2.24, 2.45) is 5.73 Å². The average molecular weight is 385 g/mol. The van der Waals surface area contributed by atoms with Crippen LogP contribution in [0, 0.1) is 0 Å². The Labute approximate surface area is 157 Å². The van der Waals surface area contributed by atoms with Crippen LogP contribution in [0.15, 0.2) is 30.3 Å². The molecule has 1 aliphatic heterocycles. The largest absolute Gasteiger partial charge is 0.396 e. The lowest BCUT2D eigenvalue weighted by molar-refractivity contribution is -0.162.